The fourth-order valence-electron chi connectivity index (χ4n) is 1.89. The molecular formula is C14H19N3. The van der Waals surface area contributed by atoms with Crippen molar-refractivity contribution in [3.63, 3.8) is 0 Å². The van der Waals surface area contributed by atoms with Crippen LogP contribution >= 0.6 is 0 Å². The summed E-state index contributed by atoms with van der Waals surface area (Å²) in [5, 5.41) is 7.61. The lowest BCUT2D eigenvalue weighted by Crippen LogP contribution is -2.11. The summed E-state index contributed by atoms with van der Waals surface area (Å²) in [6.07, 6.45) is 1.85. The summed E-state index contributed by atoms with van der Waals surface area (Å²) in [4.78, 5) is 0. The largest absolute Gasteiger partial charge is 0.313 e. The minimum Gasteiger partial charge on any atom is -0.313 e. The number of benzene rings is 1. The number of nitrogens with zero attached hydrogens (tertiary/aromatic N) is 2. The van der Waals surface area contributed by atoms with E-state index in [1.807, 2.05) is 10.9 Å². The Morgan fingerprint density at radius 3 is 2.53 bits per heavy atom. The van der Waals surface area contributed by atoms with Gasteiger partial charge in [-0.05, 0) is 30.7 Å². The molecule has 0 atom stereocenters. The van der Waals surface area contributed by atoms with E-state index in [1.54, 1.807) is 0 Å². The number of nitrogens with one attached hydrogen (secondary N) is 1. The SMILES string of the molecule is CCNCc1ccc(-c2ccnn2CC)cc1. The quantitative estimate of drug-likeness (QED) is 0.854. The maximum atomic E-state index is 4.29. The third kappa shape index (κ3) is 2.74. The Bertz CT molecular complexity index is 457. The van der Waals surface area contributed by atoms with Gasteiger partial charge in [-0.1, -0.05) is 31.2 Å². The van der Waals surface area contributed by atoms with Crippen LogP contribution in [0.3, 0.4) is 0 Å². The first-order valence-electron chi connectivity index (χ1n) is 6.17. The Hall–Kier alpha value is -1.61. The topological polar surface area (TPSA) is 29.9 Å². The van der Waals surface area contributed by atoms with E-state index in [4.69, 9.17) is 0 Å². The van der Waals surface area contributed by atoms with Crippen LogP contribution in [0.5, 0.6) is 0 Å². The second-order valence-corrected chi connectivity index (χ2v) is 4.01. The van der Waals surface area contributed by atoms with Gasteiger partial charge in [-0.25, -0.2) is 0 Å². The standard InChI is InChI=1S/C14H19N3/c1-3-15-11-12-5-7-13(8-6-12)14-9-10-16-17(14)4-2/h5-10,15H,3-4,11H2,1-2H3. The van der Waals surface area contributed by atoms with Crippen LogP contribution < -0.4 is 5.32 Å². The Balaban J connectivity index is 2.17. The van der Waals surface area contributed by atoms with Gasteiger partial charge in [-0.15, -0.1) is 0 Å². The molecule has 0 bridgehead atoms. The monoisotopic (exact) mass is 229 g/mol. The first-order chi connectivity index (χ1) is 8.35. The molecule has 0 radical (unpaired) electrons. The number of aryl methyl sites for hydroxylation is 1. The molecule has 0 aliphatic carbocycles. The van der Waals surface area contributed by atoms with E-state index in [2.05, 4.69) is 54.6 Å². The molecule has 0 aliphatic heterocycles. The van der Waals surface area contributed by atoms with E-state index in [-0.39, 0.29) is 0 Å². The van der Waals surface area contributed by atoms with Gasteiger partial charge in [0.1, 0.15) is 0 Å². The summed E-state index contributed by atoms with van der Waals surface area (Å²) in [7, 11) is 0. The second-order valence-electron chi connectivity index (χ2n) is 4.01. The van der Waals surface area contributed by atoms with E-state index < -0.39 is 0 Å². The summed E-state index contributed by atoms with van der Waals surface area (Å²) < 4.78 is 2.01. The molecule has 0 unspecified atom stereocenters. The van der Waals surface area contributed by atoms with Crippen LogP contribution in [0.4, 0.5) is 0 Å². The van der Waals surface area contributed by atoms with Gasteiger partial charge in [-0.2, -0.15) is 5.10 Å². The Morgan fingerprint density at radius 1 is 1.12 bits per heavy atom. The summed E-state index contributed by atoms with van der Waals surface area (Å²) in [6.45, 7) is 7.07. The highest BCUT2D eigenvalue weighted by Crippen LogP contribution is 2.19. The maximum Gasteiger partial charge on any atom is 0.0682 e. The van der Waals surface area contributed by atoms with Gasteiger partial charge in [0.2, 0.25) is 0 Å². The first-order valence-corrected chi connectivity index (χ1v) is 6.17. The minimum absolute atomic E-state index is 0.904. The molecule has 0 saturated heterocycles. The van der Waals surface area contributed by atoms with Crippen molar-refractivity contribution in [3.8, 4) is 11.3 Å². The van der Waals surface area contributed by atoms with Gasteiger partial charge in [0.25, 0.3) is 0 Å². The van der Waals surface area contributed by atoms with Crippen LogP contribution in [0.15, 0.2) is 36.5 Å². The minimum atomic E-state index is 0.904. The van der Waals surface area contributed by atoms with Crippen molar-refractivity contribution >= 4 is 0 Å². The van der Waals surface area contributed by atoms with E-state index >= 15 is 0 Å². The molecule has 0 spiro atoms. The molecule has 1 heterocycles. The molecule has 3 nitrogen and oxygen atoms in total. The molecule has 3 heteroatoms. The average molecular weight is 229 g/mol. The zero-order valence-electron chi connectivity index (χ0n) is 10.5. The van der Waals surface area contributed by atoms with Crippen molar-refractivity contribution in [3.05, 3.63) is 42.1 Å². The smallest absolute Gasteiger partial charge is 0.0682 e. The van der Waals surface area contributed by atoms with Crippen molar-refractivity contribution in [2.75, 3.05) is 6.54 Å². The fourth-order valence-corrected chi connectivity index (χ4v) is 1.89. The molecule has 2 aromatic rings. The molecule has 17 heavy (non-hydrogen) atoms. The molecular weight excluding hydrogens is 210 g/mol. The molecule has 0 aliphatic rings. The Morgan fingerprint density at radius 2 is 1.88 bits per heavy atom. The van der Waals surface area contributed by atoms with Crippen LogP contribution in [-0.2, 0) is 13.1 Å². The predicted molar refractivity (Wildman–Crippen MR) is 70.7 cm³/mol. The van der Waals surface area contributed by atoms with Gasteiger partial charge in [-0.3, -0.25) is 4.68 Å². The maximum absolute atomic E-state index is 4.29. The van der Waals surface area contributed by atoms with Gasteiger partial charge in [0.15, 0.2) is 0 Å². The molecule has 1 N–H and O–H groups in total. The Kier molecular flexibility index (Phi) is 3.94. The normalized spacial score (nSPS) is 10.7. The van der Waals surface area contributed by atoms with Gasteiger partial charge >= 0.3 is 0 Å². The number of aromatic nitrogens is 2. The van der Waals surface area contributed by atoms with Crippen LogP contribution in [0.2, 0.25) is 0 Å². The molecule has 1 aromatic heterocycles. The molecule has 1 aromatic carbocycles. The highest BCUT2D eigenvalue weighted by Gasteiger charge is 2.03. The van der Waals surface area contributed by atoms with Gasteiger partial charge < -0.3 is 5.32 Å². The van der Waals surface area contributed by atoms with E-state index in [1.165, 1.54) is 16.8 Å². The highest BCUT2D eigenvalue weighted by molar-refractivity contribution is 5.59. The van der Waals surface area contributed by atoms with Crippen molar-refractivity contribution in [2.24, 2.45) is 0 Å². The summed E-state index contributed by atoms with van der Waals surface area (Å²) >= 11 is 0. The van der Waals surface area contributed by atoms with E-state index in [0.717, 1.165) is 19.6 Å². The lowest BCUT2D eigenvalue weighted by atomic mass is 10.1. The highest BCUT2D eigenvalue weighted by atomic mass is 15.3. The third-order valence-electron chi connectivity index (χ3n) is 2.84. The predicted octanol–water partition coefficient (Wildman–Crippen LogP) is 2.68. The van der Waals surface area contributed by atoms with Gasteiger partial charge in [0, 0.05) is 19.3 Å². The summed E-state index contributed by atoms with van der Waals surface area (Å²) in [5.74, 6) is 0. The van der Waals surface area contributed by atoms with Gasteiger partial charge in [0.05, 0.1) is 5.69 Å². The summed E-state index contributed by atoms with van der Waals surface area (Å²) in [5.41, 5.74) is 3.73. The summed E-state index contributed by atoms with van der Waals surface area (Å²) in [6, 6.07) is 10.7. The molecule has 90 valence electrons. The van der Waals surface area contributed by atoms with Crippen molar-refractivity contribution in [1.29, 1.82) is 0 Å². The third-order valence-corrected chi connectivity index (χ3v) is 2.84. The van der Waals surface area contributed by atoms with Crippen LogP contribution in [-0.4, -0.2) is 16.3 Å². The van der Waals surface area contributed by atoms with Crippen molar-refractivity contribution < 1.29 is 0 Å². The number of hydrogen-bond acceptors (Lipinski definition) is 2. The van der Waals surface area contributed by atoms with E-state index in [9.17, 15) is 0 Å². The lowest BCUT2D eigenvalue weighted by molar-refractivity contribution is 0.667. The van der Waals surface area contributed by atoms with E-state index in [0.29, 0.717) is 0 Å². The van der Waals surface area contributed by atoms with Crippen LogP contribution in [0, 0.1) is 0 Å². The first kappa shape index (κ1) is 11.9. The van der Waals surface area contributed by atoms with Crippen molar-refractivity contribution in [1.82, 2.24) is 15.1 Å². The Labute approximate surface area is 102 Å². The lowest BCUT2D eigenvalue weighted by Gasteiger charge is -2.06. The molecule has 0 saturated carbocycles. The molecule has 2 rings (SSSR count). The number of hydrogen-bond donors (Lipinski definition) is 1. The number of rotatable bonds is 5. The molecule has 0 fully saturated rings. The fraction of sp³-hybridized carbons (Fsp3) is 0.357. The van der Waals surface area contributed by atoms with Crippen molar-refractivity contribution in [2.45, 2.75) is 26.9 Å². The zero-order valence-corrected chi connectivity index (χ0v) is 10.5. The zero-order chi connectivity index (χ0) is 12.1. The second kappa shape index (κ2) is 5.64. The average Bonchev–Trinajstić information content (AvgIpc) is 2.85. The van der Waals surface area contributed by atoms with Crippen LogP contribution in [0.25, 0.3) is 11.3 Å². The molecule has 0 amide bonds. The van der Waals surface area contributed by atoms with Crippen LogP contribution in [0.1, 0.15) is 19.4 Å².